The number of carbonyl (C=O) groups excluding carboxylic acids is 1. The van der Waals surface area contributed by atoms with Crippen molar-refractivity contribution in [2.75, 3.05) is 6.61 Å². The standard InChI is InChI=1S/C15H15NO2S/c1-2-18-15(17)14(16)8-12-9-19-10-13(12)11-6-4-3-5-7-11/h3-10H,2,16H2,1H3/b14-8-. The highest BCUT2D eigenvalue weighted by Gasteiger charge is 2.09. The Morgan fingerprint density at radius 1 is 1.32 bits per heavy atom. The molecule has 0 unspecified atom stereocenters. The first-order chi connectivity index (χ1) is 9.22. The van der Waals surface area contributed by atoms with Gasteiger partial charge < -0.3 is 10.5 Å². The number of esters is 1. The van der Waals surface area contributed by atoms with Crippen molar-refractivity contribution in [2.24, 2.45) is 5.73 Å². The first-order valence-corrected chi connectivity index (χ1v) is 6.92. The topological polar surface area (TPSA) is 52.3 Å². The van der Waals surface area contributed by atoms with E-state index in [1.807, 2.05) is 41.1 Å². The van der Waals surface area contributed by atoms with Crippen molar-refractivity contribution in [3.63, 3.8) is 0 Å². The second-order valence-electron chi connectivity index (χ2n) is 3.93. The molecule has 0 atom stereocenters. The summed E-state index contributed by atoms with van der Waals surface area (Å²) in [5.74, 6) is -0.479. The monoisotopic (exact) mass is 273 g/mol. The van der Waals surface area contributed by atoms with E-state index in [9.17, 15) is 4.79 Å². The third-order valence-corrected chi connectivity index (χ3v) is 3.36. The fourth-order valence-corrected chi connectivity index (χ4v) is 2.53. The Bertz CT molecular complexity index is 587. The van der Waals surface area contributed by atoms with E-state index in [2.05, 4.69) is 0 Å². The van der Waals surface area contributed by atoms with E-state index < -0.39 is 5.97 Å². The summed E-state index contributed by atoms with van der Waals surface area (Å²) in [6.45, 7) is 2.08. The molecule has 0 aliphatic heterocycles. The Kier molecular flexibility index (Phi) is 4.36. The van der Waals surface area contributed by atoms with Crippen molar-refractivity contribution >= 4 is 23.4 Å². The Morgan fingerprint density at radius 3 is 2.74 bits per heavy atom. The van der Waals surface area contributed by atoms with Crippen LogP contribution in [0.1, 0.15) is 12.5 Å². The summed E-state index contributed by atoms with van der Waals surface area (Å²) in [6.07, 6.45) is 1.66. The van der Waals surface area contributed by atoms with Gasteiger partial charge in [0.1, 0.15) is 5.70 Å². The highest BCUT2D eigenvalue weighted by molar-refractivity contribution is 7.08. The molecule has 1 aromatic carbocycles. The van der Waals surface area contributed by atoms with Gasteiger partial charge >= 0.3 is 5.97 Å². The maximum absolute atomic E-state index is 11.5. The second-order valence-corrected chi connectivity index (χ2v) is 4.67. The van der Waals surface area contributed by atoms with Crippen LogP contribution in [0.2, 0.25) is 0 Å². The van der Waals surface area contributed by atoms with Crippen LogP contribution in [0.15, 0.2) is 46.8 Å². The van der Waals surface area contributed by atoms with Crippen LogP contribution in [0.25, 0.3) is 17.2 Å². The molecule has 4 heteroatoms. The van der Waals surface area contributed by atoms with Gasteiger partial charge in [-0.2, -0.15) is 11.3 Å². The van der Waals surface area contributed by atoms with Crippen LogP contribution < -0.4 is 5.73 Å². The van der Waals surface area contributed by atoms with Gasteiger partial charge in [-0.25, -0.2) is 4.79 Å². The smallest absolute Gasteiger partial charge is 0.354 e. The van der Waals surface area contributed by atoms with Crippen LogP contribution in [0, 0.1) is 0 Å². The van der Waals surface area contributed by atoms with Gasteiger partial charge in [0, 0.05) is 0 Å². The van der Waals surface area contributed by atoms with Gasteiger partial charge in [-0.05, 0) is 40.5 Å². The lowest BCUT2D eigenvalue weighted by atomic mass is 10.0. The maximum atomic E-state index is 11.5. The predicted octanol–water partition coefficient (Wildman–Crippen LogP) is 3.28. The molecule has 1 aromatic heterocycles. The molecule has 2 N–H and O–H groups in total. The van der Waals surface area contributed by atoms with Crippen LogP contribution in [0.5, 0.6) is 0 Å². The van der Waals surface area contributed by atoms with Gasteiger partial charge in [0.25, 0.3) is 0 Å². The number of rotatable bonds is 4. The molecule has 0 saturated heterocycles. The molecule has 0 bridgehead atoms. The number of thiophene rings is 1. The summed E-state index contributed by atoms with van der Waals surface area (Å²) in [6, 6.07) is 9.99. The van der Waals surface area contributed by atoms with E-state index in [0.29, 0.717) is 6.61 Å². The third kappa shape index (κ3) is 3.23. The molecule has 0 aliphatic rings. The fourth-order valence-electron chi connectivity index (χ4n) is 1.71. The molecular formula is C15H15NO2S. The molecule has 0 aliphatic carbocycles. The Morgan fingerprint density at radius 2 is 2.05 bits per heavy atom. The van der Waals surface area contributed by atoms with Gasteiger partial charge in [0.15, 0.2) is 0 Å². The molecule has 0 fully saturated rings. The van der Waals surface area contributed by atoms with Gasteiger partial charge in [-0.15, -0.1) is 0 Å². The van der Waals surface area contributed by atoms with E-state index >= 15 is 0 Å². The summed E-state index contributed by atoms with van der Waals surface area (Å²) in [5.41, 5.74) is 8.96. The van der Waals surface area contributed by atoms with Crippen molar-refractivity contribution < 1.29 is 9.53 Å². The molecule has 2 rings (SSSR count). The Labute approximate surface area is 116 Å². The molecule has 0 spiro atoms. The van der Waals surface area contributed by atoms with Crippen molar-refractivity contribution in [2.45, 2.75) is 6.92 Å². The molecule has 1 heterocycles. The molecule has 2 aromatic rings. The van der Waals surface area contributed by atoms with Gasteiger partial charge in [0.2, 0.25) is 0 Å². The second kappa shape index (κ2) is 6.20. The molecule has 19 heavy (non-hydrogen) atoms. The number of benzene rings is 1. The van der Waals surface area contributed by atoms with Crippen LogP contribution in [0.4, 0.5) is 0 Å². The number of ether oxygens (including phenoxy) is 1. The molecule has 3 nitrogen and oxygen atoms in total. The fraction of sp³-hybridized carbons (Fsp3) is 0.133. The molecule has 98 valence electrons. The first kappa shape index (κ1) is 13.4. The van der Waals surface area contributed by atoms with Crippen molar-refractivity contribution in [3.05, 3.63) is 52.4 Å². The summed E-state index contributed by atoms with van der Waals surface area (Å²) in [7, 11) is 0. The number of carbonyl (C=O) groups is 1. The van der Waals surface area contributed by atoms with Gasteiger partial charge in [0.05, 0.1) is 6.61 Å². The normalized spacial score (nSPS) is 11.3. The van der Waals surface area contributed by atoms with Gasteiger partial charge in [-0.3, -0.25) is 0 Å². The lowest BCUT2D eigenvalue weighted by molar-refractivity contribution is -0.138. The minimum atomic E-state index is -0.479. The van der Waals surface area contributed by atoms with Crippen LogP contribution in [-0.2, 0) is 9.53 Å². The van der Waals surface area contributed by atoms with Gasteiger partial charge in [-0.1, -0.05) is 30.3 Å². The number of hydrogen-bond acceptors (Lipinski definition) is 4. The summed E-state index contributed by atoms with van der Waals surface area (Å²) < 4.78 is 4.87. The molecule has 0 saturated carbocycles. The summed E-state index contributed by atoms with van der Waals surface area (Å²) in [4.78, 5) is 11.5. The van der Waals surface area contributed by atoms with Crippen molar-refractivity contribution in [1.82, 2.24) is 0 Å². The quantitative estimate of drug-likeness (QED) is 0.687. The van der Waals surface area contributed by atoms with Crippen LogP contribution in [0.3, 0.4) is 0 Å². The zero-order valence-electron chi connectivity index (χ0n) is 10.6. The summed E-state index contributed by atoms with van der Waals surface area (Å²) >= 11 is 1.58. The predicted molar refractivity (Wildman–Crippen MR) is 78.6 cm³/mol. The highest BCUT2D eigenvalue weighted by atomic mass is 32.1. The lowest BCUT2D eigenvalue weighted by Gasteiger charge is -2.03. The molecule has 0 radical (unpaired) electrons. The largest absolute Gasteiger partial charge is 0.461 e. The highest BCUT2D eigenvalue weighted by Crippen LogP contribution is 2.28. The lowest BCUT2D eigenvalue weighted by Crippen LogP contribution is -2.14. The summed E-state index contributed by atoms with van der Waals surface area (Å²) in [5, 5.41) is 4.01. The Hall–Kier alpha value is -2.07. The average molecular weight is 273 g/mol. The maximum Gasteiger partial charge on any atom is 0.354 e. The van der Waals surface area contributed by atoms with Crippen molar-refractivity contribution in [3.8, 4) is 11.1 Å². The van der Waals surface area contributed by atoms with E-state index in [1.165, 1.54) is 0 Å². The van der Waals surface area contributed by atoms with E-state index in [-0.39, 0.29) is 5.70 Å². The third-order valence-electron chi connectivity index (χ3n) is 2.60. The molecule has 0 amide bonds. The van der Waals surface area contributed by atoms with E-state index in [1.54, 1.807) is 24.3 Å². The number of nitrogens with two attached hydrogens (primary N) is 1. The van der Waals surface area contributed by atoms with Crippen LogP contribution in [-0.4, -0.2) is 12.6 Å². The minimum absolute atomic E-state index is 0.123. The average Bonchev–Trinajstić information content (AvgIpc) is 2.88. The SMILES string of the molecule is CCOC(=O)/C(N)=C/c1cscc1-c1ccccc1. The van der Waals surface area contributed by atoms with E-state index in [0.717, 1.165) is 16.7 Å². The zero-order chi connectivity index (χ0) is 13.7. The first-order valence-electron chi connectivity index (χ1n) is 5.98. The van der Waals surface area contributed by atoms with Crippen molar-refractivity contribution in [1.29, 1.82) is 0 Å². The van der Waals surface area contributed by atoms with Crippen LogP contribution >= 0.6 is 11.3 Å². The number of hydrogen-bond donors (Lipinski definition) is 1. The zero-order valence-corrected chi connectivity index (χ0v) is 11.4. The minimum Gasteiger partial charge on any atom is -0.461 e. The molecular weight excluding hydrogens is 258 g/mol. The Balaban J connectivity index is 2.31. The van der Waals surface area contributed by atoms with E-state index in [4.69, 9.17) is 10.5 Å².